The van der Waals surface area contributed by atoms with Crippen molar-refractivity contribution in [2.24, 2.45) is 4.99 Å². The lowest BCUT2D eigenvalue weighted by Gasteiger charge is -2.07. The van der Waals surface area contributed by atoms with Crippen molar-refractivity contribution in [3.63, 3.8) is 0 Å². The Labute approximate surface area is 143 Å². The van der Waals surface area contributed by atoms with Crippen LogP contribution in [0.5, 0.6) is 11.5 Å². The van der Waals surface area contributed by atoms with Gasteiger partial charge in [0.05, 0.1) is 31.9 Å². The van der Waals surface area contributed by atoms with Crippen molar-refractivity contribution < 1.29 is 18.7 Å². The van der Waals surface area contributed by atoms with Crippen LogP contribution in [0.25, 0.3) is 6.08 Å². The normalized spacial score (nSPS) is 17.3. The Balaban J connectivity index is 1.78. The van der Waals surface area contributed by atoms with E-state index >= 15 is 0 Å². The van der Waals surface area contributed by atoms with E-state index in [0.29, 0.717) is 28.1 Å². The summed E-state index contributed by atoms with van der Waals surface area (Å²) in [4.78, 5) is 17.0. The average molecular weight is 344 g/mol. The van der Waals surface area contributed by atoms with E-state index in [1.165, 1.54) is 11.8 Å². The van der Waals surface area contributed by atoms with Crippen molar-refractivity contribution >= 4 is 28.9 Å². The second kappa shape index (κ2) is 7.27. The second-order valence-electron chi connectivity index (χ2n) is 4.87. The first-order chi connectivity index (χ1) is 11.7. The van der Waals surface area contributed by atoms with E-state index in [-0.39, 0.29) is 5.91 Å². The van der Waals surface area contributed by atoms with Gasteiger partial charge in [-0.25, -0.2) is 0 Å². The summed E-state index contributed by atoms with van der Waals surface area (Å²) >= 11 is 1.29. The molecule has 1 fully saturated rings. The van der Waals surface area contributed by atoms with E-state index in [1.54, 1.807) is 38.7 Å². The van der Waals surface area contributed by atoms with Gasteiger partial charge in [-0.05, 0) is 42.1 Å². The molecule has 1 aliphatic rings. The number of nitrogens with one attached hydrogen (secondary N) is 1. The Bertz CT molecular complexity index is 797. The van der Waals surface area contributed by atoms with Crippen molar-refractivity contribution in [3.8, 4) is 11.5 Å². The zero-order valence-corrected chi connectivity index (χ0v) is 14.1. The fourth-order valence-electron chi connectivity index (χ4n) is 2.13. The molecule has 7 heteroatoms. The lowest BCUT2D eigenvalue weighted by molar-refractivity contribution is -0.115. The van der Waals surface area contributed by atoms with Gasteiger partial charge in [0.25, 0.3) is 5.91 Å². The summed E-state index contributed by atoms with van der Waals surface area (Å²) in [5, 5.41) is 3.30. The van der Waals surface area contributed by atoms with E-state index in [9.17, 15) is 4.79 Å². The van der Waals surface area contributed by atoms with Crippen LogP contribution >= 0.6 is 11.8 Å². The zero-order chi connectivity index (χ0) is 16.9. The zero-order valence-electron chi connectivity index (χ0n) is 13.2. The average Bonchev–Trinajstić information content (AvgIpc) is 3.23. The summed E-state index contributed by atoms with van der Waals surface area (Å²) in [6.45, 7) is 0.384. The standard InChI is InChI=1S/C17H16N2O4S/c1-21-12-6-5-11(14(9-12)22-2)8-15-16(20)19-17(24-15)18-10-13-4-3-7-23-13/h3-9H,10H2,1-2H3,(H,18,19,20)/b15-8-. The second-order valence-corrected chi connectivity index (χ2v) is 5.90. The van der Waals surface area contributed by atoms with Gasteiger partial charge in [-0.3, -0.25) is 9.79 Å². The molecule has 2 heterocycles. The summed E-state index contributed by atoms with van der Waals surface area (Å²) in [6.07, 6.45) is 3.37. The van der Waals surface area contributed by atoms with Crippen LogP contribution in [0.15, 0.2) is 50.9 Å². The number of benzene rings is 1. The minimum atomic E-state index is -0.184. The minimum Gasteiger partial charge on any atom is -0.497 e. The van der Waals surface area contributed by atoms with E-state index in [1.807, 2.05) is 18.2 Å². The Morgan fingerprint density at radius 2 is 2.17 bits per heavy atom. The molecule has 3 rings (SSSR count). The Morgan fingerprint density at radius 1 is 1.29 bits per heavy atom. The first kappa shape index (κ1) is 16.2. The maximum absolute atomic E-state index is 12.1. The van der Waals surface area contributed by atoms with E-state index < -0.39 is 0 Å². The first-order valence-electron chi connectivity index (χ1n) is 7.19. The van der Waals surface area contributed by atoms with Crippen molar-refractivity contribution in [2.75, 3.05) is 14.2 Å². The number of hydrogen-bond acceptors (Lipinski definition) is 6. The van der Waals surface area contributed by atoms with Crippen LogP contribution in [0.2, 0.25) is 0 Å². The maximum Gasteiger partial charge on any atom is 0.264 e. The quantitative estimate of drug-likeness (QED) is 0.844. The third-order valence-corrected chi connectivity index (χ3v) is 4.28. The minimum absolute atomic E-state index is 0.184. The van der Waals surface area contributed by atoms with Gasteiger partial charge >= 0.3 is 0 Å². The number of carbonyl (C=O) groups excluding carboxylic acids is 1. The molecule has 0 atom stereocenters. The van der Waals surface area contributed by atoms with Crippen LogP contribution in [0, 0.1) is 0 Å². The molecule has 24 heavy (non-hydrogen) atoms. The van der Waals surface area contributed by atoms with Gasteiger partial charge in [0, 0.05) is 11.6 Å². The Kier molecular flexibility index (Phi) is 4.90. The van der Waals surface area contributed by atoms with Crippen LogP contribution in [0.4, 0.5) is 0 Å². The third-order valence-electron chi connectivity index (χ3n) is 3.34. The van der Waals surface area contributed by atoms with Crippen LogP contribution < -0.4 is 14.8 Å². The van der Waals surface area contributed by atoms with Crippen LogP contribution in [0.3, 0.4) is 0 Å². The fourth-order valence-corrected chi connectivity index (χ4v) is 2.94. The highest BCUT2D eigenvalue weighted by atomic mass is 32.2. The number of thioether (sulfide) groups is 1. The van der Waals surface area contributed by atoms with Gasteiger partial charge in [-0.2, -0.15) is 0 Å². The number of methoxy groups -OCH3 is 2. The fraction of sp³-hybridized carbons (Fsp3) is 0.176. The Morgan fingerprint density at radius 3 is 2.88 bits per heavy atom. The summed E-state index contributed by atoms with van der Waals surface area (Å²) in [7, 11) is 3.17. The van der Waals surface area contributed by atoms with Crippen molar-refractivity contribution in [1.82, 2.24) is 5.32 Å². The van der Waals surface area contributed by atoms with Crippen molar-refractivity contribution in [2.45, 2.75) is 6.54 Å². The Hall–Kier alpha value is -2.67. The van der Waals surface area contributed by atoms with Crippen LogP contribution in [-0.4, -0.2) is 25.3 Å². The summed E-state index contributed by atoms with van der Waals surface area (Å²) in [5.74, 6) is 1.89. The molecule has 1 amide bonds. The molecule has 124 valence electrons. The molecule has 1 saturated heterocycles. The number of hydrogen-bond donors (Lipinski definition) is 1. The molecule has 1 aromatic carbocycles. The van der Waals surface area contributed by atoms with Gasteiger partial charge in [-0.15, -0.1) is 0 Å². The summed E-state index contributed by atoms with van der Waals surface area (Å²) in [6, 6.07) is 9.08. The molecule has 2 aromatic rings. The molecule has 1 aliphatic heterocycles. The monoisotopic (exact) mass is 344 g/mol. The number of furan rings is 1. The molecule has 1 N–H and O–H groups in total. The van der Waals surface area contributed by atoms with Crippen molar-refractivity contribution in [3.05, 3.63) is 52.8 Å². The van der Waals surface area contributed by atoms with Gasteiger partial charge in [-0.1, -0.05) is 0 Å². The van der Waals surface area contributed by atoms with E-state index in [4.69, 9.17) is 13.9 Å². The van der Waals surface area contributed by atoms with Gasteiger partial charge in [0.2, 0.25) is 0 Å². The molecule has 6 nitrogen and oxygen atoms in total. The molecule has 0 spiro atoms. The highest BCUT2D eigenvalue weighted by molar-refractivity contribution is 8.18. The summed E-state index contributed by atoms with van der Waals surface area (Å²) in [5.41, 5.74) is 0.795. The number of rotatable bonds is 5. The number of carbonyl (C=O) groups is 1. The van der Waals surface area contributed by atoms with Gasteiger partial charge < -0.3 is 19.2 Å². The molecule has 0 saturated carbocycles. The maximum atomic E-state index is 12.1. The van der Waals surface area contributed by atoms with Gasteiger partial charge in [0.1, 0.15) is 17.3 Å². The number of ether oxygens (including phenoxy) is 2. The highest BCUT2D eigenvalue weighted by Gasteiger charge is 2.24. The molecular formula is C17H16N2O4S. The SMILES string of the molecule is COc1ccc(/C=C2\SC(=NCc3ccco3)NC2=O)c(OC)c1. The summed E-state index contributed by atoms with van der Waals surface area (Å²) < 4.78 is 15.7. The lowest BCUT2D eigenvalue weighted by Crippen LogP contribution is -2.19. The van der Waals surface area contributed by atoms with Crippen LogP contribution in [0.1, 0.15) is 11.3 Å². The van der Waals surface area contributed by atoms with E-state index in [2.05, 4.69) is 10.3 Å². The first-order valence-corrected chi connectivity index (χ1v) is 8.01. The van der Waals surface area contributed by atoms with Gasteiger partial charge in [0.15, 0.2) is 5.17 Å². The smallest absolute Gasteiger partial charge is 0.264 e. The largest absolute Gasteiger partial charge is 0.497 e. The molecule has 1 aromatic heterocycles. The lowest BCUT2D eigenvalue weighted by atomic mass is 10.1. The molecule has 0 unspecified atom stereocenters. The van der Waals surface area contributed by atoms with E-state index in [0.717, 1.165) is 11.3 Å². The number of amides is 1. The number of amidine groups is 1. The molecular weight excluding hydrogens is 328 g/mol. The predicted molar refractivity (Wildman–Crippen MR) is 93.1 cm³/mol. The number of aliphatic imine (C=N–C) groups is 1. The number of nitrogens with zero attached hydrogens (tertiary/aromatic N) is 1. The highest BCUT2D eigenvalue weighted by Crippen LogP contribution is 2.31. The van der Waals surface area contributed by atoms with Crippen molar-refractivity contribution in [1.29, 1.82) is 0 Å². The molecule has 0 radical (unpaired) electrons. The molecule has 0 aliphatic carbocycles. The predicted octanol–water partition coefficient (Wildman–Crippen LogP) is 3.06. The topological polar surface area (TPSA) is 73.1 Å². The van der Waals surface area contributed by atoms with Crippen LogP contribution in [-0.2, 0) is 11.3 Å². The molecule has 0 bridgehead atoms. The third kappa shape index (κ3) is 3.62.